The van der Waals surface area contributed by atoms with E-state index in [9.17, 15) is 24.5 Å². The van der Waals surface area contributed by atoms with Crippen LogP contribution in [0.3, 0.4) is 0 Å². The molecule has 5 heterocycles. The van der Waals surface area contributed by atoms with Gasteiger partial charge in [0, 0.05) is 87.2 Å². The van der Waals surface area contributed by atoms with E-state index < -0.39 is 11.9 Å². The number of likely N-dealkylation sites (tertiary alicyclic amines) is 2. The summed E-state index contributed by atoms with van der Waals surface area (Å²) in [5, 5.41) is 16.7. The molecule has 4 saturated heterocycles. The molecule has 1 aromatic heterocycles. The fourth-order valence-corrected chi connectivity index (χ4v) is 9.03. The quantitative estimate of drug-likeness (QED) is 0.126. The van der Waals surface area contributed by atoms with Crippen LogP contribution in [0, 0.1) is 16.0 Å². The van der Waals surface area contributed by atoms with Crippen molar-refractivity contribution in [3.8, 4) is 5.75 Å². The van der Waals surface area contributed by atoms with Crippen LogP contribution in [-0.2, 0) is 16.1 Å². The minimum atomic E-state index is -0.834. The van der Waals surface area contributed by atoms with Gasteiger partial charge in [-0.2, -0.15) is 5.10 Å². The number of amides is 2. The number of piperazine rings is 1. The maximum absolute atomic E-state index is 13.7. The Bertz CT molecular complexity index is 2100. The number of aromatic nitrogens is 2. The molecule has 56 heavy (non-hydrogen) atoms. The molecule has 0 aliphatic carbocycles. The summed E-state index contributed by atoms with van der Waals surface area (Å²) in [6, 6.07) is 19.8. The summed E-state index contributed by atoms with van der Waals surface area (Å²) in [4.78, 5) is 62.0. The minimum Gasteiger partial charge on any atom is -0.497 e. The first kappa shape index (κ1) is 37.6. The number of anilines is 2. The number of non-ortho nitro benzene ring substituents is 1. The van der Waals surface area contributed by atoms with Crippen molar-refractivity contribution in [3.05, 3.63) is 99.0 Å². The van der Waals surface area contributed by atoms with Crippen LogP contribution in [0.15, 0.2) is 77.7 Å². The van der Waals surface area contributed by atoms with Gasteiger partial charge in [0.1, 0.15) is 11.8 Å². The second-order valence-electron chi connectivity index (χ2n) is 15.6. The largest absolute Gasteiger partial charge is 0.497 e. The highest BCUT2D eigenvalue weighted by Gasteiger charge is 2.37. The first-order valence-electron chi connectivity index (χ1n) is 19.9. The van der Waals surface area contributed by atoms with Crippen LogP contribution in [0.1, 0.15) is 50.1 Å². The maximum Gasteiger partial charge on any atom is 0.275 e. The molecule has 14 heteroatoms. The summed E-state index contributed by atoms with van der Waals surface area (Å²) in [5.41, 5.74) is 2.75. The number of hydrogen-bond acceptors (Lipinski definition) is 11. The third-order valence-corrected chi connectivity index (χ3v) is 12.4. The van der Waals surface area contributed by atoms with E-state index in [0.717, 1.165) is 94.1 Å². The van der Waals surface area contributed by atoms with Crippen molar-refractivity contribution in [2.45, 2.75) is 57.2 Å². The predicted octanol–water partition coefficient (Wildman–Crippen LogP) is 4.71. The van der Waals surface area contributed by atoms with E-state index in [1.807, 2.05) is 42.5 Å². The minimum absolute atomic E-state index is 0.132. The Hall–Kier alpha value is -5.34. The van der Waals surface area contributed by atoms with Crippen molar-refractivity contribution >= 4 is 39.6 Å². The van der Waals surface area contributed by atoms with E-state index in [4.69, 9.17) is 4.74 Å². The molecule has 4 aliphatic rings. The molecule has 14 nitrogen and oxygen atoms in total. The van der Waals surface area contributed by atoms with Crippen LogP contribution in [-0.4, -0.2) is 113 Å². The van der Waals surface area contributed by atoms with Crippen LogP contribution < -0.4 is 20.1 Å². The van der Waals surface area contributed by atoms with Gasteiger partial charge in [-0.1, -0.05) is 12.1 Å². The standard InChI is InChI=1S/C42H50N8O6/c1-56-37-9-2-30(3-10-37)29-48-40(51)13-12-39(42(48)53)49-41(52)38-11-8-36(26-32(38)27-43-49)45-20-14-31(15-21-45)28-44-18-16-34(17-19-44)47-24-22-46(23-25-47)33-4-6-35(7-5-33)50(54)55/h2-11,26-27,31,34,39H,12-25,28-29H2,1H3. The van der Waals surface area contributed by atoms with Crippen molar-refractivity contribution in [2.24, 2.45) is 5.92 Å². The molecule has 0 radical (unpaired) electrons. The topological polar surface area (TPSA) is 138 Å². The van der Waals surface area contributed by atoms with Gasteiger partial charge in [-0.15, -0.1) is 0 Å². The fourth-order valence-electron chi connectivity index (χ4n) is 9.03. The Kier molecular flexibility index (Phi) is 11.0. The molecule has 4 aliphatic heterocycles. The highest BCUT2D eigenvalue weighted by atomic mass is 16.6. The second-order valence-corrected chi connectivity index (χ2v) is 15.6. The summed E-state index contributed by atoms with van der Waals surface area (Å²) in [6.07, 6.45) is 6.71. The predicted molar refractivity (Wildman–Crippen MR) is 214 cm³/mol. The van der Waals surface area contributed by atoms with Crippen molar-refractivity contribution < 1.29 is 19.2 Å². The lowest BCUT2D eigenvalue weighted by atomic mass is 9.94. The van der Waals surface area contributed by atoms with Crippen LogP contribution in [0.5, 0.6) is 5.75 Å². The Morgan fingerprint density at radius 1 is 0.786 bits per heavy atom. The molecule has 8 rings (SSSR count). The van der Waals surface area contributed by atoms with E-state index in [0.29, 0.717) is 23.1 Å². The average Bonchev–Trinajstić information content (AvgIpc) is 3.23. The number of imide groups is 1. The number of rotatable bonds is 10. The number of carbonyl (C=O) groups is 2. The number of carbonyl (C=O) groups excluding carboxylic acids is 2. The molecule has 1 unspecified atom stereocenters. The smallest absolute Gasteiger partial charge is 0.275 e. The van der Waals surface area contributed by atoms with Crippen LogP contribution in [0.25, 0.3) is 10.8 Å². The van der Waals surface area contributed by atoms with Gasteiger partial charge in [0.2, 0.25) is 5.91 Å². The second kappa shape index (κ2) is 16.4. The van der Waals surface area contributed by atoms with Crippen molar-refractivity contribution in [1.82, 2.24) is 24.5 Å². The number of ether oxygens (including phenoxy) is 1. The lowest BCUT2D eigenvalue weighted by Gasteiger charge is -2.44. The Balaban J connectivity index is 0.808. The zero-order valence-corrected chi connectivity index (χ0v) is 32.0. The van der Waals surface area contributed by atoms with Crippen LogP contribution in [0.2, 0.25) is 0 Å². The number of methoxy groups -OCH3 is 1. The average molecular weight is 763 g/mol. The molecule has 0 bridgehead atoms. The molecule has 294 valence electrons. The first-order chi connectivity index (χ1) is 27.2. The van der Waals surface area contributed by atoms with E-state index in [-0.39, 0.29) is 41.5 Å². The summed E-state index contributed by atoms with van der Waals surface area (Å²) in [7, 11) is 1.58. The van der Waals surface area contributed by atoms with E-state index >= 15 is 0 Å². The van der Waals surface area contributed by atoms with Gasteiger partial charge >= 0.3 is 0 Å². The zero-order valence-electron chi connectivity index (χ0n) is 32.0. The van der Waals surface area contributed by atoms with Gasteiger partial charge in [0.05, 0.1) is 30.2 Å². The molecule has 0 N–H and O–H groups in total. The van der Waals surface area contributed by atoms with Gasteiger partial charge in [0.25, 0.3) is 17.2 Å². The van der Waals surface area contributed by atoms with Crippen molar-refractivity contribution in [2.75, 3.05) is 75.8 Å². The number of piperidine rings is 3. The fraction of sp³-hybridized carbons (Fsp3) is 0.476. The lowest BCUT2D eigenvalue weighted by molar-refractivity contribution is -0.384. The van der Waals surface area contributed by atoms with E-state index in [1.54, 1.807) is 37.6 Å². The monoisotopic (exact) mass is 762 g/mol. The number of hydrogen-bond donors (Lipinski definition) is 0. The Morgan fingerprint density at radius 3 is 2.14 bits per heavy atom. The van der Waals surface area contributed by atoms with Crippen LogP contribution in [0.4, 0.5) is 17.1 Å². The summed E-state index contributed by atoms with van der Waals surface area (Å²) < 4.78 is 6.48. The Labute approximate surface area is 326 Å². The molecule has 0 saturated carbocycles. The normalized spacial score (nSPS) is 20.9. The summed E-state index contributed by atoms with van der Waals surface area (Å²) in [6.45, 7) is 9.39. The lowest BCUT2D eigenvalue weighted by Crippen LogP contribution is -2.53. The van der Waals surface area contributed by atoms with Gasteiger partial charge in [-0.3, -0.25) is 34.3 Å². The molecule has 2 amide bonds. The number of nitro benzene ring substituents is 1. The highest BCUT2D eigenvalue weighted by molar-refractivity contribution is 5.99. The van der Waals surface area contributed by atoms with Gasteiger partial charge in [0.15, 0.2) is 0 Å². The number of nitrogens with zero attached hydrogens (tertiary/aromatic N) is 8. The van der Waals surface area contributed by atoms with Gasteiger partial charge in [-0.05, 0) is 99.1 Å². The zero-order chi connectivity index (χ0) is 38.8. The first-order valence-corrected chi connectivity index (χ1v) is 19.9. The molecule has 0 spiro atoms. The Morgan fingerprint density at radius 2 is 1.46 bits per heavy atom. The number of nitro groups is 1. The third kappa shape index (κ3) is 7.98. The molecular formula is C42H50N8O6. The molecule has 1 atom stereocenters. The molecule has 4 aromatic rings. The number of benzene rings is 3. The van der Waals surface area contributed by atoms with Gasteiger partial charge in [-0.25, -0.2) is 4.68 Å². The van der Waals surface area contributed by atoms with E-state index in [1.165, 1.54) is 22.4 Å². The SMILES string of the molecule is COc1ccc(CN2C(=O)CCC(n3ncc4cc(N5CCC(CN6CCC(N7CCN(c8ccc([N+](=O)[O-])cc8)CC7)CC6)CC5)ccc4c3=O)C2=O)cc1. The molecule has 3 aromatic carbocycles. The van der Waals surface area contributed by atoms with Crippen molar-refractivity contribution in [1.29, 1.82) is 0 Å². The summed E-state index contributed by atoms with van der Waals surface area (Å²) in [5.74, 6) is 0.690. The number of fused-ring (bicyclic) bond motifs is 1. The highest BCUT2D eigenvalue weighted by Crippen LogP contribution is 2.30. The van der Waals surface area contributed by atoms with Crippen LogP contribution >= 0.6 is 0 Å². The van der Waals surface area contributed by atoms with Crippen molar-refractivity contribution in [3.63, 3.8) is 0 Å². The van der Waals surface area contributed by atoms with Gasteiger partial charge < -0.3 is 19.4 Å². The molecule has 4 fully saturated rings. The molecular weight excluding hydrogens is 713 g/mol. The van der Waals surface area contributed by atoms with E-state index in [2.05, 4.69) is 24.7 Å². The maximum atomic E-state index is 13.7. The summed E-state index contributed by atoms with van der Waals surface area (Å²) >= 11 is 0. The third-order valence-electron chi connectivity index (χ3n) is 12.4.